The minimum absolute atomic E-state index is 0.334. The molecule has 0 saturated carbocycles. The van der Waals surface area contributed by atoms with E-state index in [0.29, 0.717) is 10.8 Å². The van der Waals surface area contributed by atoms with Gasteiger partial charge in [-0.15, -0.1) is 0 Å². The monoisotopic (exact) mass is 329 g/mol. The zero-order valence-electron chi connectivity index (χ0n) is 10.0. The van der Waals surface area contributed by atoms with Crippen molar-refractivity contribution in [1.29, 1.82) is 0 Å². The second-order valence-corrected chi connectivity index (χ2v) is 5.16. The third-order valence-corrected chi connectivity index (χ3v) is 3.68. The standard InChI is InChI=1S/C12H13BrClN3O/c1-17-12(10(18-2)6-16-17)11(15)8-4-3-7(14)5-9(8)13/h3-6,11H,15H2,1-2H3. The Morgan fingerprint density at radius 3 is 2.83 bits per heavy atom. The highest BCUT2D eigenvalue weighted by atomic mass is 79.9. The second kappa shape index (κ2) is 5.30. The molecular formula is C12H13BrClN3O. The molecule has 0 bridgehead atoms. The van der Waals surface area contributed by atoms with Crippen molar-refractivity contribution in [1.82, 2.24) is 9.78 Å². The van der Waals surface area contributed by atoms with Crippen LogP contribution in [0.25, 0.3) is 0 Å². The molecule has 0 amide bonds. The van der Waals surface area contributed by atoms with Crippen molar-refractivity contribution in [3.8, 4) is 5.75 Å². The lowest BCUT2D eigenvalue weighted by molar-refractivity contribution is 0.406. The van der Waals surface area contributed by atoms with Gasteiger partial charge in [0.1, 0.15) is 5.69 Å². The zero-order valence-corrected chi connectivity index (χ0v) is 12.4. The molecule has 96 valence electrons. The minimum atomic E-state index is -0.334. The van der Waals surface area contributed by atoms with E-state index in [-0.39, 0.29) is 6.04 Å². The van der Waals surface area contributed by atoms with Crippen LogP contribution >= 0.6 is 27.5 Å². The number of aromatic nitrogens is 2. The summed E-state index contributed by atoms with van der Waals surface area (Å²) in [4.78, 5) is 0. The number of ether oxygens (including phenoxy) is 1. The van der Waals surface area contributed by atoms with E-state index in [1.807, 2.05) is 25.2 Å². The summed E-state index contributed by atoms with van der Waals surface area (Å²) in [5, 5.41) is 4.81. The van der Waals surface area contributed by atoms with Crippen LogP contribution in [0.15, 0.2) is 28.9 Å². The van der Waals surface area contributed by atoms with Crippen molar-refractivity contribution in [2.24, 2.45) is 12.8 Å². The lowest BCUT2D eigenvalue weighted by atomic mass is 10.0. The van der Waals surface area contributed by atoms with Crippen LogP contribution in [-0.4, -0.2) is 16.9 Å². The highest BCUT2D eigenvalue weighted by Crippen LogP contribution is 2.32. The van der Waals surface area contributed by atoms with Gasteiger partial charge in [-0.1, -0.05) is 33.6 Å². The van der Waals surface area contributed by atoms with Crippen molar-refractivity contribution in [2.45, 2.75) is 6.04 Å². The minimum Gasteiger partial charge on any atom is -0.493 e. The van der Waals surface area contributed by atoms with Gasteiger partial charge < -0.3 is 10.5 Å². The van der Waals surface area contributed by atoms with E-state index in [1.54, 1.807) is 18.0 Å². The van der Waals surface area contributed by atoms with E-state index in [9.17, 15) is 0 Å². The summed E-state index contributed by atoms with van der Waals surface area (Å²) in [6.07, 6.45) is 1.65. The fourth-order valence-corrected chi connectivity index (χ4v) is 2.77. The Morgan fingerprint density at radius 2 is 2.22 bits per heavy atom. The van der Waals surface area contributed by atoms with Gasteiger partial charge in [0.05, 0.1) is 19.3 Å². The number of halogens is 2. The molecular weight excluding hydrogens is 318 g/mol. The van der Waals surface area contributed by atoms with Crippen LogP contribution in [0.2, 0.25) is 5.02 Å². The molecule has 6 heteroatoms. The Hall–Kier alpha value is -1.04. The Labute approximate surface area is 119 Å². The summed E-state index contributed by atoms with van der Waals surface area (Å²) in [6, 6.07) is 5.19. The number of benzene rings is 1. The summed E-state index contributed by atoms with van der Waals surface area (Å²) in [6.45, 7) is 0. The topological polar surface area (TPSA) is 53.1 Å². The van der Waals surface area contributed by atoms with Crippen LogP contribution in [0.4, 0.5) is 0 Å². The quantitative estimate of drug-likeness (QED) is 0.941. The van der Waals surface area contributed by atoms with E-state index < -0.39 is 0 Å². The molecule has 4 nitrogen and oxygen atoms in total. The molecule has 1 aromatic carbocycles. The summed E-state index contributed by atoms with van der Waals surface area (Å²) in [5.41, 5.74) is 8.03. The fourth-order valence-electron chi connectivity index (χ4n) is 1.84. The first-order chi connectivity index (χ1) is 8.54. The molecule has 1 atom stereocenters. The van der Waals surface area contributed by atoms with Gasteiger partial charge in [-0.05, 0) is 17.7 Å². The molecule has 1 aromatic heterocycles. The molecule has 0 fully saturated rings. The van der Waals surface area contributed by atoms with Gasteiger partial charge in [0, 0.05) is 16.5 Å². The maximum absolute atomic E-state index is 6.27. The molecule has 18 heavy (non-hydrogen) atoms. The zero-order chi connectivity index (χ0) is 13.3. The lowest BCUT2D eigenvalue weighted by Crippen LogP contribution is -2.17. The maximum Gasteiger partial charge on any atom is 0.161 e. The van der Waals surface area contributed by atoms with Crippen molar-refractivity contribution < 1.29 is 4.74 Å². The van der Waals surface area contributed by atoms with Crippen LogP contribution < -0.4 is 10.5 Å². The number of hydrogen-bond donors (Lipinski definition) is 1. The largest absolute Gasteiger partial charge is 0.493 e. The van der Waals surface area contributed by atoms with E-state index in [0.717, 1.165) is 15.7 Å². The predicted octanol–water partition coefficient (Wildman–Crippen LogP) is 2.89. The van der Waals surface area contributed by atoms with Gasteiger partial charge >= 0.3 is 0 Å². The van der Waals surface area contributed by atoms with E-state index in [1.165, 1.54) is 0 Å². The predicted molar refractivity (Wildman–Crippen MR) is 74.9 cm³/mol. The fraction of sp³-hybridized carbons (Fsp3) is 0.250. The normalized spacial score (nSPS) is 12.5. The number of aryl methyl sites for hydroxylation is 1. The van der Waals surface area contributed by atoms with Gasteiger partial charge in [0.15, 0.2) is 5.75 Å². The summed E-state index contributed by atoms with van der Waals surface area (Å²) >= 11 is 9.39. The van der Waals surface area contributed by atoms with Gasteiger partial charge in [-0.25, -0.2) is 0 Å². The molecule has 0 saturated heterocycles. The summed E-state index contributed by atoms with van der Waals surface area (Å²) in [7, 11) is 3.44. The van der Waals surface area contributed by atoms with Crippen LogP contribution in [0.5, 0.6) is 5.75 Å². The van der Waals surface area contributed by atoms with Gasteiger partial charge in [0.25, 0.3) is 0 Å². The molecule has 0 aliphatic carbocycles. The Bertz CT molecular complexity index is 570. The van der Waals surface area contributed by atoms with Gasteiger partial charge in [0.2, 0.25) is 0 Å². The molecule has 0 radical (unpaired) electrons. The highest BCUT2D eigenvalue weighted by Gasteiger charge is 2.20. The first kappa shape index (κ1) is 13.4. The van der Waals surface area contributed by atoms with Crippen molar-refractivity contribution in [2.75, 3.05) is 7.11 Å². The molecule has 1 heterocycles. The Morgan fingerprint density at radius 1 is 1.50 bits per heavy atom. The molecule has 0 spiro atoms. The smallest absolute Gasteiger partial charge is 0.161 e. The van der Waals surface area contributed by atoms with Crippen molar-refractivity contribution in [3.63, 3.8) is 0 Å². The SMILES string of the molecule is COc1cnn(C)c1C(N)c1ccc(Cl)cc1Br. The number of nitrogens with two attached hydrogens (primary N) is 1. The lowest BCUT2D eigenvalue weighted by Gasteiger charge is -2.16. The maximum atomic E-state index is 6.27. The number of nitrogens with zero attached hydrogens (tertiary/aromatic N) is 2. The summed E-state index contributed by atoms with van der Waals surface area (Å²) < 4.78 is 7.85. The highest BCUT2D eigenvalue weighted by molar-refractivity contribution is 9.10. The van der Waals surface area contributed by atoms with Crippen molar-refractivity contribution in [3.05, 3.63) is 45.1 Å². The van der Waals surface area contributed by atoms with Crippen LogP contribution in [-0.2, 0) is 7.05 Å². The van der Waals surface area contributed by atoms with Crippen LogP contribution in [0.3, 0.4) is 0 Å². The third-order valence-electron chi connectivity index (χ3n) is 2.76. The number of hydrogen-bond acceptors (Lipinski definition) is 3. The Balaban J connectivity index is 2.47. The average molecular weight is 331 g/mol. The van der Waals surface area contributed by atoms with E-state index >= 15 is 0 Å². The van der Waals surface area contributed by atoms with Crippen LogP contribution in [0.1, 0.15) is 17.3 Å². The molecule has 1 unspecified atom stereocenters. The molecule has 2 aromatic rings. The first-order valence-electron chi connectivity index (χ1n) is 5.31. The molecule has 2 N–H and O–H groups in total. The molecule has 0 aliphatic heterocycles. The van der Waals surface area contributed by atoms with E-state index in [2.05, 4.69) is 21.0 Å². The van der Waals surface area contributed by atoms with Gasteiger partial charge in [-0.2, -0.15) is 5.10 Å². The first-order valence-corrected chi connectivity index (χ1v) is 6.48. The number of rotatable bonds is 3. The van der Waals surface area contributed by atoms with E-state index in [4.69, 9.17) is 22.1 Å². The van der Waals surface area contributed by atoms with Crippen molar-refractivity contribution >= 4 is 27.5 Å². The Kier molecular flexibility index (Phi) is 3.94. The third kappa shape index (κ3) is 2.39. The molecule has 2 rings (SSSR count). The average Bonchev–Trinajstić information content (AvgIpc) is 2.69. The van der Waals surface area contributed by atoms with Crippen LogP contribution in [0, 0.1) is 0 Å². The van der Waals surface area contributed by atoms with Gasteiger partial charge in [-0.3, -0.25) is 4.68 Å². The number of methoxy groups -OCH3 is 1. The molecule has 0 aliphatic rings. The summed E-state index contributed by atoms with van der Waals surface area (Å²) in [5.74, 6) is 0.673. The second-order valence-electron chi connectivity index (χ2n) is 3.87.